The molecular weight excluding hydrogens is 280 g/mol. The molecule has 2 heterocycles. The van der Waals surface area contributed by atoms with Crippen molar-refractivity contribution >= 4 is 23.4 Å². The SMILES string of the molecule is COC(=O)c1cc(N)cnc1Sc1nc(C)cc(=O)[nH]1. The van der Waals surface area contributed by atoms with E-state index in [1.54, 1.807) is 6.92 Å². The van der Waals surface area contributed by atoms with Crippen LogP contribution in [0.15, 0.2) is 33.3 Å². The number of nitrogens with zero attached hydrogens (tertiary/aromatic N) is 2. The fraction of sp³-hybridized carbons (Fsp3) is 0.167. The van der Waals surface area contributed by atoms with Crippen LogP contribution in [0.3, 0.4) is 0 Å². The van der Waals surface area contributed by atoms with Gasteiger partial charge in [0.1, 0.15) is 5.03 Å². The highest BCUT2D eigenvalue weighted by molar-refractivity contribution is 7.99. The Morgan fingerprint density at radius 2 is 2.20 bits per heavy atom. The van der Waals surface area contributed by atoms with Gasteiger partial charge in [-0.05, 0) is 24.8 Å². The van der Waals surface area contributed by atoms with Gasteiger partial charge in [-0.3, -0.25) is 4.79 Å². The number of aromatic amines is 1. The van der Waals surface area contributed by atoms with Gasteiger partial charge < -0.3 is 15.5 Å². The summed E-state index contributed by atoms with van der Waals surface area (Å²) in [5.41, 5.74) is 6.49. The zero-order valence-electron chi connectivity index (χ0n) is 10.8. The molecule has 0 bridgehead atoms. The second kappa shape index (κ2) is 5.74. The molecule has 2 aromatic heterocycles. The first-order chi connectivity index (χ1) is 9.49. The fourth-order valence-electron chi connectivity index (χ4n) is 1.50. The second-order valence-electron chi connectivity index (χ2n) is 3.91. The lowest BCUT2D eigenvalue weighted by Gasteiger charge is -2.07. The predicted octanol–water partition coefficient (Wildman–Crippen LogP) is 0.993. The predicted molar refractivity (Wildman–Crippen MR) is 73.7 cm³/mol. The van der Waals surface area contributed by atoms with Crippen molar-refractivity contribution in [1.29, 1.82) is 0 Å². The number of pyridine rings is 1. The van der Waals surface area contributed by atoms with E-state index >= 15 is 0 Å². The fourth-order valence-corrected chi connectivity index (χ4v) is 2.38. The smallest absolute Gasteiger partial charge is 0.340 e. The van der Waals surface area contributed by atoms with Crippen LogP contribution in [0.25, 0.3) is 0 Å². The highest BCUT2D eigenvalue weighted by Gasteiger charge is 2.16. The molecule has 0 unspecified atom stereocenters. The van der Waals surface area contributed by atoms with E-state index in [2.05, 4.69) is 19.7 Å². The maximum Gasteiger partial charge on any atom is 0.340 e. The lowest BCUT2D eigenvalue weighted by atomic mass is 10.3. The maximum absolute atomic E-state index is 11.7. The van der Waals surface area contributed by atoms with Crippen LogP contribution in [0.5, 0.6) is 0 Å². The first-order valence-corrected chi connectivity index (χ1v) is 6.41. The molecule has 0 spiro atoms. The number of carbonyl (C=O) groups excluding carboxylic acids is 1. The van der Waals surface area contributed by atoms with Gasteiger partial charge in [0.05, 0.1) is 24.6 Å². The molecule has 2 rings (SSSR count). The second-order valence-corrected chi connectivity index (χ2v) is 4.88. The van der Waals surface area contributed by atoms with Gasteiger partial charge in [-0.1, -0.05) is 0 Å². The molecule has 7 nitrogen and oxygen atoms in total. The van der Waals surface area contributed by atoms with E-state index in [4.69, 9.17) is 5.73 Å². The van der Waals surface area contributed by atoms with E-state index in [9.17, 15) is 9.59 Å². The summed E-state index contributed by atoms with van der Waals surface area (Å²) in [4.78, 5) is 33.9. The van der Waals surface area contributed by atoms with Crippen molar-refractivity contribution in [1.82, 2.24) is 15.0 Å². The number of H-pyrrole nitrogens is 1. The number of nitrogen functional groups attached to an aromatic ring is 1. The molecule has 0 radical (unpaired) electrons. The number of carbonyl (C=O) groups is 1. The monoisotopic (exact) mass is 292 g/mol. The Labute approximate surface area is 118 Å². The summed E-state index contributed by atoms with van der Waals surface area (Å²) in [6.45, 7) is 1.71. The van der Waals surface area contributed by atoms with Gasteiger partial charge >= 0.3 is 5.97 Å². The summed E-state index contributed by atoms with van der Waals surface area (Å²) >= 11 is 1.06. The van der Waals surface area contributed by atoms with Gasteiger partial charge in [0.15, 0.2) is 5.16 Å². The highest BCUT2D eigenvalue weighted by Crippen LogP contribution is 2.27. The summed E-state index contributed by atoms with van der Waals surface area (Å²) in [5.74, 6) is -0.553. The maximum atomic E-state index is 11.7. The highest BCUT2D eigenvalue weighted by atomic mass is 32.2. The number of aromatic nitrogens is 3. The number of anilines is 1. The third kappa shape index (κ3) is 3.15. The number of esters is 1. The summed E-state index contributed by atoms with van der Waals surface area (Å²) in [5, 5.41) is 0.706. The average Bonchev–Trinajstić information content (AvgIpc) is 2.38. The lowest BCUT2D eigenvalue weighted by molar-refractivity contribution is 0.0596. The van der Waals surface area contributed by atoms with E-state index in [-0.39, 0.29) is 11.1 Å². The Hall–Kier alpha value is -2.35. The van der Waals surface area contributed by atoms with Crippen LogP contribution in [0.2, 0.25) is 0 Å². The molecule has 8 heteroatoms. The molecule has 0 aliphatic rings. The molecule has 104 valence electrons. The van der Waals surface area contributed by atoms with Crippen molar-refractivity contribution in [3.05, 3.63) is 39.9 Å². The number of nitrogens with one attached hydrogen (secondary N) is 1. The number of hydrogen-bond donors (Lipinski definition) is 2. The molecule has 0 amide bonds. The quantitative estimate of drug-likeness (QED) is 0.641. The van der Waals surface area contributed by atoms with Crippen LogP contribution in [0.4, 0.5) is 5.69 Å². The topological polar surface area (TPSA) is 111 Å². The van der Waals surface area contributed by atoms with Crippen molar-refractivity contribution < 1.29 is 9.53 Å². The minimum Gasteiger partial charge on any atom is -0.465 e. The Bertz CT molecular complexity index is 714. The Morgan fingerprint density at radius 1 is 1.45 bits per heavy atom. The zero-order valence-corrected chi connectivity index (χ0v) is 11.7. The molecule has 0 fully saturated rings. The molecule has 0 aliphatic heterocycles. The van der Waals surface area contributed by atoms with Crippen molar-refractivity contribution in [2.24, 2.45) is 0 Å². The van der Waals surface area contributed by atoms with E-state index in [0.29, 0.717) is 21.6 Å². The number of methoxy groups -OCH3 is 1. The van der Waals surface area contributed by atoms with Gasteiger partial charge in [-0.2, -0.15) is 0 Å². The summed E-state index contributed by atoms with van der Waals surface area (Å²) in [6, 6.07) is 2.84. The van der Waals surface area contributed by atoms with Crippen molar-refractivity contribution in [2.45, 2.75) is 17.1 Å². The number of nitrogens with two attached hydrogens (primary N) is 1. The third-order valence-electron chi connectivity index (χ3n) is 2.32. The van der Waals surface area contributed by atoms with Gasteiger partial charge in [0.25, 0.3) is 5.56 Å². The average molecular weight is 292 g/mol. The van der Waals surface area contributed by atoms with E-state index in [1.807, 2.05) is 0 Å². The van der Waals surface area contributed by atoms with Gasteiger partial charge in [-0.15, -0.1) is 0 Å². The minimum atomic E-state index is -0.553. The van der Waals surface area contributed by atoms with Crippen LogP contribution >= 0.6 is 11.8 Å². The number of hydrogen-bond acceptors (Lipinski definition) is 7. The largest absolute Gasteiger partial charge is 0.465 e. The van der Waals surface area contributed by atoms with Crippen molar-refractivity contribution in [2.75, 3.05) is 12.8 Å². The molecule has 0 saturated heterocycles. The number of ether oxygens (including phenoxy) is 1. The summed E-state index contributed by atoms with van der Waals surface area (Å²) < 4.78 is 4.68. The molecular formula is C12H12N4O3S. The number of aryl methyl sites for hydroxylation is 1. The van der Waals surface area contributed by atoms with Crippen LogP contribution in [0.1, 0.15) is 16.1 Å². The number of rotatable bonds is 3. The molecule has 3 N–H and O–H groups in total. The molecule has 0 aromatic carbocycles. The molecule has 0 aliphatic carbocycles. The molecule has 0 saturated carbocycles. The van der Waals surface area contributed by atoms with Crippen molar-refractivity contribution in [3.8, 4) is 0 Å². The van der Waals surface area contributed by atoms with Crippen LogP contribution in [0, 0.1) is 6.92 Å². The van der Waals surface area contributed by atoms with Crippen LogP contribution < -0.4 is 11.3 Å². The Kier molecular flexibility index (Phi) is 4.04. The first kappa shape index (κ1) is 14.1. The van der Waals surface area contributed by atoms with Gasteiger partial charge in [0, 0.05) is 11.8 Å². The molecule has 2 aromatic rings. The van der Waals surface area contributed by atoms with E-state index < -0.39 is 5.97 Å². The Morgan fingerprint density at radius 3 is 2.85 bits per heavy atom. The van der Waals surface area contributed by atoms with Crippen LogP contribution in [-0.2, 0) is 4.74 Å². The van der Waals surface area contributed by atoms with Crippen LogP contribution in [-0.4, -0.2) is 28.0 Å². The van der Waals surface area contributed by atoms with Crippen molar-refractivity contribution in [3.63, 3.8) is 0 Å². The standard InChI is InChI=1S/C12H12N4O3S/c1-6-3-9(17)16-12(15-6)20-10-8(11(18)19-2)4-7(13)5-14-10/h3-5H,13H2,1-2H3,(H,15,16,17). The zero-order chi connectivity index (χ0) is 14.7. The van der Waals surface area contributed by atoms with Gasteiger partial charge in [-0.25, -0.2) is 14.8 Å². The minimum absolute atomic E-state index is 0.224. The Balaban J connectivity index is 2.42. The van der Waals surface area contributed by atoms with E-state index in [1.165, 1.54) is 25.4 Å². The summed E-state index contributed by atoms with van der Waals surface area (Å²) in [7, 11) is 1.27. The van der Waals surface area contributed by atoms with Gasteiger partial charge in [0.2, 0.25) is 0 Å². The molecule has 20 heavy (non-hydrogen) atoms. The summed E-state index contributed by atoms with van der Waals surface area (Å²) in [6.07, 6.45) is 1.42. The third-order valence-corrected chi connectivity index (χ3v) is 3.22. The molecule has 0 atom stereocenters. The lowest BCUT2D eigenvalue weighted by Crippen LogP contribution is -2.09. The normalized spacial score (nSPS) is 10.3. The van der Waals surface area contributed by atoms with E-state index in [0.717, 1.165) is 11.8 Å². The first-order valence-electron chi connectivity index (χ1n) is 5.59.